The summed E-state index contributed by atoms with van der Waals surface area (Å²) in [6, 6.07) is 19.7. The molecule has 4 rings (SSSR count). The molecule has 164 valence electrons. The number of anilines is 3. The summed E-state index contributed by atoms with van der Waals surface area (Å²) in [6.45, 7) is 0.670. The van der Waals surface area contributed by atoms with Gasteiger partial charge in [0.15, 0.2) is 11.5 Å². The molecule has 1 aliphatic rings. The zero-order valence-electron chi connectivity index (χ0n) is 18.1. The SMILES string of the molecule is COc1cccc(NC(=O)Nc2ccc3c(c2)CCCN3C(=O)c2ccccc2)c1OC. The number of benzene rings is 3. The van der Waals surface area contributed by atoms with E-state index in [0.717, 1.165) is 24.1 Å². The first kappa shape index (κ1) is 21.2. The molecule has 1 aliphatic heterocycles. The van der Waals surface area contributed by atoms with E-state index in [9.17, 15) is 9.59 Å². The van der Waals surface area contributed by atoms with Gasteiger partial charge in [0.05, 0.1) is 19.9 Å². The number of fused-ring (bicyclic) bond motifs is 1. The summed E-state index contributed by atoms with van der Waals surface area (Å²) < 4.78 is 10.6. The molecule has 0 fully saturated rings. The highest BCUT2D eigenvalue weighted by atomic mass is 16.5. The highest BCUT2D eigenvalue weighted by Gasteiger charge is 2.24. The van der Waals surface area contributed by atoms with Crippen molar-refractivity contribution in [1.29, 1.82) is 0 Å². The Hall–Kier alpha value is -4.00. The number of rotatable bonds is 5. The van der Waals surface area contributed by atoms with Gasteiger partial charge in [-0.2, -0.15) is 0 Å². The monoisotopic (exact) mass is 431 g/mol. The minimum absolute atomic E-state index is 0.0184. The molecule has 0 atom stereocenters. The number of nitrogens with one attached hydrogen (secondary N) is 2. The lowest BCUT2D eigenvalue weighted by atomic mass is 10.00. The van der Waals surface area contributed by atoms with E-state index < -0.39 is 6.03 Å². The van der Waals surface area contributed by atoms with Crippen molar-refractivity contribution in [2.24, 2.45) is 0 Å². The van der Waals surface area contributed by atoms with Gasteiger partial charge in [0, 0.05) is 23.5 Å². The van der Waals surface area contributed by atoms with Crippen molar-refractivity contribution < 1.29 is 19.1 Å². The van der Waals surface area contributed by atoms with Crippen molar-refractivity contribution >= 4 is 29.0 Å². The van der Waals surface area contributed by atoms with Crippen LogP contribution < -0.4 is 25.0 Å². The lowest BCUT2D eigenvalue weighted by molar-refractivity contribution is 0.0985. The van der Waals surface area contributed by atoms with E-state index in [-0.39, 0.29) is 5.91 Å². The number of methoxy groups -OCH3 is 2. The van der Waals surface area contributed by atoms with E-state index >= 15 is 0 Å². The summed E-state index contributed by atoms with van der Waals surface area (Å²) in [5.41, 5.74) is 3.72. The second-order valence-corrected chi connectivity index (χ2v) is 7.39. The molecule has 0 bridgehead atoms. The Kier molecular flexibility index (Phi) is 6.26. The Labute approximate surface area is 187 Å². The number of hydrogen-bond donors (Lipinski definition) is 2. The lowest BCUT2D eigenvalue weighted by Gasteiger charge is -2.30. The Morgan fingerprint density at radius 1 is 0.906 bits per heavy atom. The summed E-state index contributed by atoms with van der Waals surface area (Å²) >= 11 is 0. The number of carbonyl (C=O) groups is 2. The third-order valence-electron chi connectivity index (χ3n) is 5.37. The molecular formula is C25H25N3O4. The summed E-state index contributed by atoms with van der Waals surface area (Å²) in [6.07, 6.45) is 1.71. The summed E-state index contributed by atoms with van der Waals surface area (Å²) in [5.74, 6) is 0.961. The molecule has 2 N–H and O–H groups in total. The van der Waals surface area contributed by atoms with Crippen LogP contribution in [-0.2, 0) is 6.42 Å². The molecule has 0 saturated heterocycles. The minimum Gasteiger partial charge on any atom is -0.493 e. The van der Waals surface area contributed by atoms with Crippen LogP contribution in [0.15, 0.2) is 66.7 Å². The largest absolute Gasteiger partial charge is 0.493 e. The molecule has 0 spiro atoms. The summed E-state index contributed by atoms with van der Waals surface area (Å²) in [4.78, 5) is 27.4. The van der Waals surface area contributed by atoms with Crippen LogP contribution in [0.25, 0.3) is 0 Å². The van der Waals surface area contributed by atoms with Gasteiger partial charge in [-0.15, -0.1) is 0 Å². The molecule has 1 heterocycles. The molecular weight excluding hydrogens is 406 g/mol. The van der Waals surface area contributed by atoms with Crippen molar-refractivity contribution in [3.05, 3.63) is 77.9 Å². The number of carbonyl (C=O) groups excluding carboxylic acids is 2. The maximum Gasteiger partial charge on any atom is 0.323 e. The lowest BCUT2D eigenvalue weighted by Crippen LogP contribution is -2.35. The Bertz CT molecular complexity index is 1130. The first-order valence-corrected chi connectivity index (χ1v) is 10.4. The van der Waals surface area contributed by atoms with E-state index in [0.29, 0.717) is 35.0 Å². The first-order chi connectivity index (χ1) is 15.6. The molecule has 3 aromatic rings. The van der Waals surface area contributed by atoms with Crippen LogP contribution in [0, 0.1) is 0 Å². The number of ether oxygens (including phenoxy) is 2. The van der Waals surface area contributed by atoms with Crippen LogP contribution in [-0.4, -0.2) is 32.7 Å². The maximum atomic E-state index is 13.0. The van der Waals surface area contributed by atoms with Crippen LogP contribution in [0.2, 0.25) is 0 Å². The first-order valence-electron chi connectivity index (χ1n) is 10.4. The smallest absolute Gasteiger partial charge is 0.323 e. The van der Waals surface area contributed by atoms with Gasteiger partial charge in [0.2, 0.25) is 0 Å². The zero-order chi connectivity index (χ0) is 22.5. The molecule has 0 aliphatic carbocycles. The van der Waals surface area contributed by atoms with E-state index in [1.165, 1.54) is 7.11 Å². The molecule has 0 aromatic heterocycles. The van der Waals surface area contributed by atoms with Gasteiger partial charge < -0.3 is 25.0 Å². The molecule has 7 nitrogen and oxygen atoms in total. The molecule has 32 heavy (non-hydrogen) atoms. The Morgan fingerprint density at radius 3 is 2.47 bits per heavy atom. The van der Waals surface area contributed by atoms with E-state index in [4.69, 9.17) is 9.47 Å². The quantitative estimate of drug-likeness (QED) is 0.600. The number of nitrogens with zero attached hydrogens (tertiary/aromatic N) is 1. The second kappa shape index (κ2) is 9.43. The number of amides is 3. The van der Waals surface area contributed by atoms with Crippen LogP contribution in [0.4, 0.5) is 21.9 Å². The minimum atomic E-state index is -0.399. The van der Waals surface area contributed by atoms with Crippen molar-refractivity contribution in [3.8, 4) is 11.5 Å². The van der Waals surface area contributed by atoms with Crippen LogP contribution in [0.5, 0.6) is 11.5 Å². The standard InChI is InChI=1S/C25H25N3O4/c1-31-22-12-6-11-20(23(22)32-2)27-25(30)26-19-13-14-21-18(16-19)10-7-15-28(21)24(29)17-8-4-3-5-9-17/h3-6,8-9,11-14,16H,7,10,15H2,1-2H3,(H2,26,27,30). The van der Waals surface area contributed by atoms with Crippen LogP contribution in [0.3, 0.4) is 0 Å². The normalized spacial score (nSPS) is 12.5. The number of urea groups is 1. The molecule has 7 heteroatoms. The Morgan fingerprint density at radius 2 is 1.72 bits per heavy atom. The molecule has 0 saturated carbocycles. The summed E-state index contributed by atoms with van der Waals surface area (Å²) in [7, 11) is 3.06. The van der Waals surface area contributed by atoms with Gasteiger partial charge in [0.1, 0.15) is 0 Å². The maximum absolute atomic E-state index is 13.0. The van der Waals surface area contributed by atoms with Crippen molar-refractivity contribution in [1.82, 2.24) is 0 Å². The fourth-order valence-electron chi connectivity index (χ4n) is 3.89. The van der Waals surface area contributed by atoms with Gasteiger partial charge in [-0.05, 0) is 60.9 Å². The number of para-hydroxylation sites is 1. The molecule has 3 amide bonds. The fraction of sp³-hybridized carbons (Fsp3) is 0.200. The highest BCUT2D eigenvalue weighted by molar-refractivity contribution is 6.07. The van der Waals surface area contributed by atoms with Crippen molar-refractivity contribution in [3.63, 3.8) is 0 Å². The summed E-state index contributed by atoms with van der Waals surface area (Å²) in [5, 5.41) is 5.65. The van der Waals surface area contributed by atoms with Gasteiger partial charge >= 0.3 is 6.03 Å². The Balaban J connectivity index is 1.50. The average Bonchev–Trinajstić information content (AvgIpc) is 2.83. The van der Waals surface area contributed by atoms with Gasteiger partial charge in [-0.3, -0.25) is 4.79 Å². The third kappa shape index (κ3) is 4.37. The fourth-order valence-corrected chi connectivity index (χ4v) is 3.89. The topological polar surface area (TPSA) is 79.9 Å². The van der Waals surface area contributed by atoms with E-state index in [1.54, 1.807) is 36.3 Å². The van der Waals surface area contributed by atoms with Crippen LogP contribution >= 0.6 is 0 Å². The van der Waals surface area contributed by atoms with E-state index in [1.807, 2.05) is 42.5 Å². The predicted molar refractivity (Wildman–Crippen MR) is 125 cm³/mol. The highest BCUT2D eigenvalue weighted by Crippen LogP contribution is 2.35. The van der Waals surface area contributed by atoms with Crippen molar-refractivity contribution in [2.45, 2.75) is 12.8 Å². The molecule has 0 radical (unpaired) electrons. The van der Waals surface area contributed by atoms with Crippen molar-refractivity contribution in [2.75, 3.05) is 36.3 Å². The molecule has 0 unspecified atom stereocenters. The molecule has 3 aromatic carbocycles. The van der Waals surface area contributed by atoms with Crippen LogP contribution in [0.1, 0.15) is 22.3 Å². The zero-order valence-corrected chi connectivity index (χ0v) is 18.1. The average molecular weight is 431 g/mol. The second-order valence-electron chi connectivity index (χ2n) is 7.39. The van der Waals surface area contributed by atoms with Gasteiger partial charge in [-0.1, -0.05) is 24.3 Å². The third-order valence-corrected chi connectivity index (χ3v) is 5.37. The van der Waals surface area contributed by atoms with Gasteiger partial charge in [-0.25, -0.2) is 4.79 Å². The van der Waals surface area contributed by atoms with E-state index in [2.05, 4.69) is 10.6 Å². The van der Waals surface area contributed by atoms with Gasteiger partial charge in [0.25, 0.3) is 5.91 Å². The number of hydrogen-bond acceptors (Lipinski definition) is 4. The predicted octanol–water partition coefficient (Wildman–Crippen LogP) is 4.94. The number of aryl methyl sites for hydroxylation is 1.